The minimum Gasteiger partial charge on any atom is -0.366 e. The van der Waals surface area contributed by atoms with Crippen molar-refractivity contribution in [3.8, 4) is 0 Å². The van der Waals surface area contributed by atoms with Crippen molar-refractivity contribution in [3.63, 3.8) is 0 Å². The van der Waals surface area contributed by atoms with E-state index in [-0.39, 0.29) is 18.5 Å². The number of benzene rings is 1. The average Bonchev–Trinajstić information content (AvgIpc) is 2.93. The highest BCUT2D eigenvalue weighted by molar-refractivity contribution is 7.14. The number of carbonyl (C=O) groups is 2. The molecule has 0 fully saturated rings. The largest absolute Gasteiger partial charge is 0.366 e. The van der Waals surface area contributed by atoms with Gasteiger partial charge in [-0.15, -0.1) is 11.3 Å². The molecule has 1 aromatic carbocycles. The Labute approximate surface area is 137 Å². The maximum atomic E-state index is 12.0. The fourth-order valence-corrected chi connectivity index (χ4v) is 3.15. The quantitative estimate of drug-likeness (QED) is 0.749. The lowest BCUT2D eigenvalue weighted by molar-refractivity contribution is -0.682. The highest BCUT2D eigenvalue weighted by atomic mass is 35.5. The van der Waals surface area contributed by atoms with Gasteiger partial charge in [-0.3, -0.25) is 9.59 Å². The van der Waals surface area contributed by atoms with Crippen LogP contribution in [0.1, 0.15) is 28.9 Å². The summed E-state index contributed by atoms with van der Waals surface area (Å²) in [5.41, 5.74) is 6.55. The maximum absolute atomic E-state index is 12.0. The Balaban J connectivity index is 1.92. The van der Waals surface area contributed by atoms with Crippen LogP contribution >= 0.6 is 22.9 Å². The van der Waals surface area contributed by atoms with Crippen molar-refractivity contribution < 1.29 is 14.9 Å². The second kappa shape index (κ2) is 7.40. The first-order valence-corrected chi connectivity index (χ1v) is 7.99. The molecule has 0 aliphatic rings. The van der Waals surface area contributed by atoms with Gasteiger partial charge in [0.2, 0.25) is 0 Å². The highest BCUT2D eigenvalue weighted by Crippen LogP contribution is 2.22. The van der Waals surface area contributed by atoms with Gasteiger partial charge in [-0.1, -0.05) is 29.8 Å². The average molecular weight is 339 g/mol. The van der Waals surface area contributed by atoms with Crippen LogP contribution in [0.4, 0.5) is 5.00 Å². The number of primary amides is 1. The number of rotatable bonds is 6. The molecule has 0 saturated carbocycles. The lowest BCUT2D eigenvalue weighted by Crippen LogP contribution is -2.86. The summed E-state index contributed by atoms with van der Waals surface area (Å²) in [4.78, 5) is 23.2. The van der Waals surface area contributed by atoms with Gasteiger partial charge in [-0.05, 0) is 24.4 Å². The van der Waals surface area contributed by atoms with Crippen molar-refractivity contribution in [1.29, 1.82) is 0 Å². The minimum absolute atomic E-state index is 0.0541. The number of nitrogens with one attached hydrogen (secondary N) is 1. The molecule has 116 valence electrons. The Bertz CT molecular complexity index is 687. The van der Waals surface area contributed by atoms with Crippen LogP contribution in [0.5, 0.6) is 0 Å². The smallest absolute Gasteiger partial charge is 0.280 e. The zero-order chi connectivity index (χ0) is 16.1. The predicted molar refractivity (Wildman–Crippen MR) is 88.1 cm³/mol. The van der Waals surface area contributed by atoms with E-state index in [1.807, 2.05) is 36.5 Å². The van der Waals surface area contributed by atoms with Crippen molar-refractivity contribution >= 4 is 39.8 Å². The molecule has 0 aliphatic heterocycles. The van der Waals surface area contributed by atoms with Gasteiger partial charge < -0.3 is 16.4 Å². The standard InChI is InChI=1S/C15H16ClN3O2S/c1-9(10-4-2-3-5-12(10)16)18-8-13(20)19-15-11(14(17)21)6-7-22-15/h2-7,9,18H,8H2,1H3,(H2,17,21)(H,19,20)/p+1/t9-/m1/s1. The van der Waals surface area contributed by atoms with E-state index in [2.05, 4.69) is 5.32 Å². The van der Waals surface area contributed by atoms with Gasteiger partial charge in [-0.25, -0.2) is 0 Å². The zero-order valence-corrected chi connectivity index (χ0v) is 13.6. The molecule has 2 aromatic rings. The lowest BCUT2D eigenvalue weighted by Gasteiger charge is -2.12. The van der Waals surface area contributed by atoms with Crippen LogP contribution in [0.2, 0.25) is 5.02 Å². The first-order valence-electron chi connectivity index (χ1n) is 6.74. The van der Waals surface area contributed by atoms with Crippen LogP contribution in [0.3, 0.4) is 0 Å². The Morgan fingerprint density at radius 3 is 2.77 bits per heavy atom. The number of hydrogen-bond acceptors (Lipinski definition) is 3. The predicted octanol–water partition coefficient (Wildman–Crippen LogP) is 1.76. The monoisotopic (exact) mass is 338 g/mol. The molecule has 5 N–H and O–H groups in total. The molecule has 22 heavy (non-hydrogen) atoms. The van der Waals surface area contributed by atoms with Crippen LogP contribution in [0.15, 0.2) is 35.7 Å². The first kappa shape index (κ1) is 16.5. The van der Waals surface area contributed by atoms with Gasteiger partial charge in [0.15, 0.2) is 6.54 Å². The third-order valence-electron chi connectivity index (χ3n) is 3.24. The molecule has 1 atom stereocenters. The van der Waals surface area contributed by atoms with Crippen LogP contribution in [0.25, 0.3) is 0 Å². The molecule has 1 heterocycles. The van der Waals surface area contributed by atoms with Crippen LogP contribution in [-0.2, 0) is 4.79 Å². The Morgan fingerprint density at radius 1 is 1.36 bits per heavy atom. The highest BCUT2D eigenvalue weighted by Gasteiger charge is 2.16. The van der Waals surface area contributed by atoms with E-state index >= 15 is 0 Å². The molecule has 2 amide bonds. The van der Waals surface area contributed by atoms with Gasteiger partial charge in [0.1, 0.15) is 11.0 Å². The lowest BCUT2D eigenvalue weighted by atomic mass is 10.1. The molecular formula is C15H17ClN3O2S+. The number of quaternary nitrogens is 1. The topological polar surface area (TPSA) is 88.8 Å². The van der Waals surface area contributed by atoms with E-state index in [1.165, 1.54) is 11.3 Å². The molecule has 5 nitrogen and oxygen atoms in total. The van der Waals surface area contributed by atoms with Gasteiger partial charge in [0.05, 0.1) is 5.56 Å². The van der Waals surface area contributed by atoms with E-state index in [1.54, 1.807) is 11.4 Å². The Hall–Kier alpha value is -1.89. The molecule has 0 aliphatic carbocycles. The summed E-state index contributed by atoms with van der Waals surface area (Å²) < 4.78 is 0. The van der Waals surface area contributed by atoms with E-state index in [4.69, 9.17) is 17.3 Å². The number of nitrogens with two attached hydrogens (primary N) is 2. The zero-order valence-electron chi connectivity index (χ0n) is 12.0. The molecule has 7 heteroatoms. The second-order valence-electron chi connectivity index (χ2n) is 4.83. The third-order valence-corrected chi connectivity index (χ3v) is 4.41. The Kier molecular flexibility index (Phi) is 5.54. The van der Waals surface area contributed by atoms with Gasteiger partial charge in [0.25, 0.3) is 11.8 Å². The molecule has 0 unspecified atom stereocenters. The fraction of sp³-hybridized carbons (Fsp3) is 0.200. The number of carbonyl (C=O) groups excluding carboxylic acids is 2. The summed E-state index contributed by atoms with van der Waals surface area (Å²) in [5.74, 6) is -0.742. The number of halogens is 1. The third kappa shape index (κ3) is 4.07. The number of amides is 2. The molecule has 2 rings (SSSR count). The summed E-state index contributed by atoms with van der Waals surface area (Å²) in [6.45, 7) is 2.21. The van der Waals surface area contributed by atoms with Crippen LogP contribution < -0.4 is 16.4 Å². The van der Waals surface area contributed by atoms with Crippen molar-refractivity contribution in [3.05, 3.63) is 51.9 Å². The van der Waals surface area contributed by atoms with Crippen LogP contribution in [-0.4, -0.2) is 18.4 Å². The molecule has 1 aromatic heterocycles. The van der Waals surface area contributed by atoms with Gasteiger partial charge in [0, 0.05) is 10.6 Å². The summed E-state index contributed by atoms with van der Waals surface area (Å²) >= 11 is 7.41. The summed E-state index contributed by atoms with van der Waals surface area (Å²) in [6, 6.07) is 9.19. The molecule has 0 radical (unpaired) electrons. The fourth-order valence-electron chi connectivity index (χ4n) is 2.03. The molecule has 0 saturated heterocycles. The van der Waals surface area contributed by atoms with Gasteiger partial charge in [-0.2, -0.15) is 0 Å². The number of anilines is 1. The van der Waals surface area contributed by atoms with Crippen molar-refractivity contribution in [1.82, 2.24) is 0 Å². The summed E-state index contributed by atoms with van der Waals surface area (Å²) in [6.07, 6.45) is 0. The maximum Gasteiger partial charge on any atom is 0.280 e. The molecule has 0 spiro atoms. The minimum atomic E-state index is -0.551. The van der Waals surface area contributed by atoms with Crippen LogP contribution in [0, 0.1) is 0 Å². The number of hydrogen-bond donors (Lipinski definition) is 3. The number of thiophene rings is 1. The van der Waals surface area contributed by atoms with E-state index < -0.39 is 5.91 Å². The van der Waals surface area contributed by atoms with Gasteiger partial charge >= 0.3 is 0 Å². The van der Waals surface area contributed by atoms with E-state index in [9.17, 15) is 9.59 Å². The van der Waals surface area contributed by atoms with Crippen molar-refractivity contribution in [2.75, 3.05) is 11.9 Å². The normalized spacial score (nSPS) is 11.9. The van der Waals surface area contributed by atoms with Crippen molar-refractivity contribution in [2.24, 2.45) is 5.73 Å². The SMILES string of the molecule is C[C@@H]([NH2+]CC(=O)Nc1sccc1C(N)=O)c1ccccc1Cl. The first-order chi connectivity index (χ1) is 10.5. The van der Waals surface area contributed by atoms with Crippen molar-refractivity contribution in [2.45, 2.75) is 13.0 Å². The summed E-state index contributed by atoms with van der Waals surface area (Å²) in [5, 5.41) is 7.47. The van der Waals surface area contributed by atoms with E-state index in [0.717, 1.165) is 5.56 Å². The summed E-state index contributed by atoms with van der Waals surface area (Å²) in [7, 11) is 0. The Morgan fingerprint density at radius 2 is 2.09 bits per heavy atom. The molecule has 0 bridgehead atoms. The van der Waals surface area contributed by atoms with E-state index in [0.29, 0.717) is 15.6 Å². The second-order valence-corrected chi connectivity index (χ2v) is 6.15. The molecular weight excluding hydrogens is 322 g/mol.